The molecule has 3 heterocycles. The van der Waals surface area contributed by atoms with E-state index in [0.29, 0.717) is 41.8 Å². The molecule has 0 atom stereocenters. The lowest BCUT2D eigenvalue weighted by atomic mass is 10.2. The van der Waals surface area contributed by atoms with E-state index in [9.17, 15) is 4.79 Å². The summed E-state index contributed by atoms with van der Waals surface area (Å²) in [6, 6.07) is 13.2. The fourth-order valence-electron chi connectivity index (χ4n) is 3.69. The van der Waals surface area contributed by atoms with Crippen LogP contribution in [0.15, 0.2) is 46.9 Å². The van der Waals surface area contributed by atoms with Crippen LogP contribution in [0.25, 0.3) is 21.2 Å². The van der Waals surface area contributed by atoms with Gasteiger partial charge in [-0.1, -0.05) is 35.1 Å². The van der Waals surface area contributed by atoms with Crippen LogP contribution in [0.4, 0.5) is 5.13 Å². The number of halogens is 1. The normalized spacial score (nSPS) is 14.6. The molecule has 0 bridgehead atoms. The van der Waals surface area contributed by atoms with E-state index in [4.69, 9.17) is 25.7 Å². The molecule has 1 aliphatic heterocycles. The van der Waals surface area contributed by atoms with Crippen LogP contribution in [0, 0.1) is 0 Å². The quantitative estimate of drug-likeness (QED) is 0.443. The number of benzene rings is 2. The number of ether oxygens (including phenoxy) is 1. The first-order valence-electron chi connectivity index (χ1n) is 9.88. The Bertz CT molecular complexity index is 1230. The maximum Gasteiger partial charge on any atom is 0.289 e. The Morgan fingerprint density at radius 3 is 2.83 bits per heavy atom. The first kappa shape index (κ1) is 19.2. The van der Waals surface area contributed by atoms with Crippen molar-refractivity contribution in [2.45, 2.75) is 6.92 Å². The lowest BCUT2D eigenvalue weighted by molar-refractivity contribution is 0.0717. The predicted molar refractivity (Wildman–Crippen MR) is 120 cm³/mol. The number of aromatic nitrogens is 1. The third kappa shape index (κ3) is 3.48. The van der Waals surface area contributed by atoms with Crippen LogP contribution < -0.4 is 9.64 Å². The summed E-state index contributed by atoms with van der Waals surface area (Å²) < 4.78 is 12.6. The summed E-state index contributed by atoms with van der Waals surface area (Å²) in [6.45, 7) is 5.15. The summed E-state index contributed by atoms with van der Waals surface area (Å²) in [6.07, 6.45) is 0. The number of para-hydroxylation sites is 1. The van der Waals surface area contributed by atoms with E-state index < -0.39 is 0 Å². The van der Waals surface area contributed by atoms with Crippen molar-refractivity contribution in [2.75, 3.05) is 37.7 Å². The molecule has 2 aromatic heterocycles. The van der Waals surface area contributed by atoms with Crippen molar-refractivity contribution in [3.8, 4) is 5.75 Å². The van der Waals surface area contributed by atoms with Crippen molar-refractivity contribution in [3.63, 3.8) is 0 Å². The molecule has 30 heavy (non-hydrogen) atoms. The number of piperazine rings is 1. The minimum absolute atomic E-state index is 0.0932. The standard InChI is InChI=1S/C22H20ClN3O3S/c1-2-28-17-5-3-4-14-12-18(29-20(14)17)21(27)25-8-10-26(11-9-25)22-24-16-7-6-15(23)13-19(16)30-22/h3-7,12-13H,2,8-11H2,1H3. The van der Waals surface area contributed by atoms with Crippen LogP contribution in [-0.4, -0.2) is 48.6 Å². The lowest BCUT2D eigenvalue weighted by Crippen LogP contribution is -2.48. The van der Waals surface area contributed by atoms with Crippen molar-refractivity contribution in [2.24, 2.45) is 0 Å². The summed E-state index contributed by atoms with van der Waals surface area (Å²) in [4.78, 5) is 21.8. The molecule has 0 aliphatic carbocycles. The smallest absolute Gasteiger partial charge is 0.289 e. The van der Waals surface area contributed by atoms with Crippen molar-refractivity contribution in [3.05, 3.63) is 53.2 Å². The number of anilines is 1. The van der Waals surface area contributed by atoms with Gasteiger partial charge in [0.2, 0.25) is 0 Å². The van der Waals surface area contributed by atoms with E-state index in [0.717, 1.165) is 33.8 Å². The largest absolute Gasteiger partial charge is 0.490 e. The van der Waals surface area contributed by atoms with Gasteiger partial charge in [0.05, 0.1) is 16.8 Å². The van der Waals surface area contributed by atoms with Crippen molar-refractivity contribution < 1.29 is 13.9 Å². The molecule has 0 saturated carbocycles. The molecule has 1 aliphatic rings. The molecule has 4 aromatic rings. The maximum atomic E-state index is 13.0. The van der Waals surface area contributed by atoms with Gasteiger partial charge < -0.3 is 19.0 Å². The molecule has 0 N–H and O–H groups in total. The average Bonchev–Trinajstić information content (AvgIpc) is 3.38. The van der Waals surface area contributed by atoms with Gasteiger partial charge in [-0.3, -0.25) is 4.79 Å². The predicted octanol–water partition coefficient (Wildman–Crippen LogP) is 5.06. The molecule has 2 aromatic carbocycles. The second-order valence-electron chi connectivity index (χ2n) is 7.11. The number of amides is 1. The molecule has 6 nitrogen and oxygen atoms in total. The third-order valence-corrected chi connectivity index (χ3v) is 6.51. The number of hydrogen-bond acceptors (Lipinski definition) is 6. The number of carbonyl (C=O) groups is 1. The lowest BCUT2D eigenvalue weighted by Gasteiger charge is -2.34. The summed E-state index contributed by atoms with van der Waals surface area (Å²) in [5, 5.41) is 2.55. The highest BCUT2D eigenvalue weighted by Crippen LogP contribution is 2.32. The number of fused-ring (bicyclic) bond motifs is 2. The highest BCUT2D eigenvalue weighted by molar-refractivity contribution is 7.22. The number of carbonyl (C=O) groups excluding carboxylic acids is 1. The van der Waals surface area contributed by atoms with E-state index in [1.807, 2.05) is 48.2 Å². The van der Waals surface area contributed by atoms with E-state index in [1.165, 1.54) is 0 Å². The second-order valence-corrected chi connectivity index (χ2v) is 8.55. The molecule has 1 fully saturated rings. The number of rotatable bonds is 4. The molecule has 1 amide bonds. The van der Waals surface area contributed by atoms with Crippen LogP contribution in [-0.2, 0) is 0 Å². The van der Waals surface area contributed by atoms with Gasteiger partial charge in [-0.15, -0.1) is 0 Å². The number of hydrogen-bond donors (Lipinski definition) is 0. The molecule has 1 saturated heterocycles. The van der Waals surface area contributed by atoms with E-state index in [1.54, 1.807) is 17.4 Å². The minimum atomic E-state index is -0.0932. The fourth-order valence-corrected chi connectivity index (χ4v) is 4.98. The van der Waals surface area contributed by atoms with E-state index >= 15 is 0 Å². The van der Waals surface area contributed by atoms with Crippen LogP contribution in [0.5, 0.6) is 5.75 Å². The van der Waals surface area contributed by atoms with Gasteiger partial charge in [0.15, 0.2) is 22.2 Å². The van der Waals surface area contributed by atoms with Crippen LogP contribution in [0.3, 0.4) is 0 Å². The maximum absolute atomic E-state index is 13.0. The van der Waals surface area contributed by atoms with Crippen LogP contribution >= 0.6 is 22.9 Å². The average molecular weight is 442 g/mol. The molecule has 8 heteroatoms. The molecular formula is C22H20ClN3O3S. The molecule has 0 radical (unpaired) electrons. The van der Waals surface area contributed by atoms with E-state index in [-0.39, 0.29) is 5.91 Å². The highest BCUT2D eigenvalue weighted by Gasteiger charge is 2.26. The Kier molecular flexibility index (Phi) is 5.00. The SMILES string of the molecule is CCOc1cccc2cc(C(=O)N3CCN(c4nc5ccc(Cl)cc5s4)CC3)oc12. The zero-order valence-electron chi connectivity index (χ0n) is 16.4. The molecule has 0 spiro atoms. The van der Waals surface area contributed by atoms with Gasteiger partial charge in [-0.25, -0.2) is 4.98 Å². The first-order valence-corrected chi connectivity index (χ1v) is 11.1. The van der Waals surface area contributed by atoms with Crippen LogP contribution in [0.2, 0.25) is 5.02 Å². The molecular weight excluding hydrogens is 422 g/mol. The van der Waals surface area contributed by atoms with Gasteiger partial charge in [0.25, 0.3) is 5.91 Å². The van der Waals surface area contributed by atoms with Gasteiger partial charge in [-0.05, 0) is 37.3 Å². The van der Waals surface area contributed by atoms with Gasteiger partial charge in [0.1, 0.15) is 0 Å². The molecule has 154 valence electrons. The highest BCUT2D eigenvalue weighted by atomic mass is 35.5. The van der Waals surface area contributed by atoms with E-state index in [2.05, 4.69) is 4.90 Å². The Morgan fingerprint density at radius 1 is 1.20 bits per heavy atom. The monoisotopic (exact) mass is 441 g/mol. The number of furan rings is 1. The first-order chi connectivity index (χ1) is 14.6. The summed E-state index contributed by atoms with van der Waals surface area (Å²) >= 11 is 7.71. The summed E-state index contributed by atoms with van der Waals surface area (Å²) in [7, 11) is 0. The van der Waals surface area contributed by atoms with Crippen molar-refractivity contribution >= 4 is 55.2 Å². The summed E-state index contributed by atoms with van der Waals surface area (Å²) in [5.41, 5.74) is 1.57. The van der Waals surface area contributed by atoms with Gasteiger partial charge in [-0.2, -0.15) is 0 Å². The number of thiazole rings is 1. The van der Waals surface area contributed by atoms with Crippen molar-refractivity contribution in [1.29, 1.82) is 0 Å². The van der Waals surface area contributed by atoms with Gasteiger partial charge in [0, 0.05) is 36.6 Å². The zero-order valence-corrected chi connectivity index (χ0v) is 18.0. The molecule has 0 unspecified atom stereocenters. The van der Waals surface area contributed by atoms with Crippen LogP contribution in [0.1, 0.15) is 17.5 Å². The van der Waals surface area contributed by atoms with Crippen molar-refractivity contribution in [1.82, 2.24) is 9.88 Å². The zero-order chi connectivity index (χ0) is 20.7. The topological polar surface area (TPSA) is 58.8 Å². The Balaban J connectivity index is 1.30. The Hall–Kier alpha value is -2.77. The van der Waals surface area contributed by atoms with Gasteiger partial charge >= 0.3 is 0 Å². The Morgan fingerprint density at radius 2 is 2.03 bits per heavy atom. The minimum Gasteiger partial charge on any atom is -0.490 e. The summed E-state index contributed by atoms with van der Waals surface area (Å²) in [5.74, 6) is 0.916. The second kappa shape index (κ2) is 7.81. The number of nitrogens with zero attached hydrogens (tertiary/aromatic N) is 3. The Labute approximate surface area is 182 Å². The third-order valence-electron chi connectivity index (χ3n) is 5.20. The molecule has 5 rings (SSSR count). The fraction of sp³-hybridized carbons (Fsp3) is 0.273.